The Kier molecular flexibility index (Phi) is 9.95. The van der Waals surface area contributed by atoms with Crippen LogP contribution in [0.1, 0.15) is 124 Å². The summed E-state index contributed by atoms with van der Waals surface area (Å²) in [6, 6.07) is 0.635. The van der Waals surface area contributed by atoms with Crippen LogP contribution in [-0.2, 0) is 14.3 Å². The predicted molar refractivity (Wildman–Crippen MR) is 189 cm³/mol. The second-order valence-corrected chi connectivity index (χ2v) is 18.7. The van der Waals surface area contributed by atoms with Gasteiger partial charge in [-0.1, -0.05) is 47.0 Å². The Bertz CT molecular complexity index is 1170. The third-order valence-electron chi connectivity index (χ3n) is 15.7. The summed E-state index contributed by atoms with van der Waals surface area (Å²) in [4.78, 5) is 30.2. The minimum atomic E-state index is -0.328. The fourth-order valence-electron chi connectivity index (χ4n) is 13.2. The zero-order valence-electron chi connectivity index (χ0n) is 31.2. The van der Waals surface area contributed by atoms with Crippen LogP contribution in [0.4, 0.5) is 4.79 Å². The molecule has 272 valence electrons. The first-order chi connectivity index (χ1) is 22.9. The first-order valence-corrected chi connectivity index (χ1v) is 20.2. The van der Waals surface area contributed by atoms with Crippen LogP contribution < -0.4 is 10.6 Å². The number of carbonyl (C=O) groups is 2. The Morgan fingerprint density at radius 1 is 0.854 bits per heavy atom. The number of ether oxygens (including phenoxy) is 2. The molecule has 48 heavy (non-hydrogen) atoms. The van der Waals surface area contributed by atoms with Gasteiger partial charge in [-0.05, 0) is 131 Å². The van der Waals surface area contributed by atoms with Gasteiger partial charge in [0.2, 0.25) is 5.91 Å². The molecular formula is C40H68N4O4. The Morgan fingerprint density at radius 2 is 1.62 bits per heavy atom. The molecule has 5 aliphatic carbocycles. The molecule has 5 saturated carbocycles. The van der Waals surface area contributed by atoms with E-state index in [4.69, 9.17) is 9.47 Å². The zero-order valence-corrected chi connectivity index (χ0v) is 31.2. The maximum absolute atomic E-state index is 13.9. The monoisotopic (exact) mass is 669 g/mol. The maximum atomic E-state index is 13.9. The van der Waals surface area contributed by atoms with Gasteiger partial charge in [-0.25, -0.2) is 4.79 Å². The lowest BCUT2D eigenvalue weighted by atomic mass is 9.44. The SMILES string of the molecule is C[C@H]1CC[C@@]2(OC1)O[C@H]1CC3[C@@H]4CC[C@@H]5C[C@H](NC(=O)N(CCNC(=O)CN(C)C)C6CCCCC6)CC[C@]5(C)C4CC[C@]3(C)[C@H]1[C@@H]2C. The van der Waals surface area contributed by atoms with Crippen molar-refractivity contribution in [2.45, 2.75) is 148 Å². The van der Waals surface area contributed by atoms with Crippen LogP contribution in [0.25, 0.3) is 0 Å². The lowest BCUT2D eigenvalue weighted by Gasteiger charge is -2.61. The summed E-state index contributed by atoms with van der Waals surface area (Å²) in [5.41, 5.74) is 0.739. The molecule has 3 amide bonds. The summed E-state index contributed by atoms with van der Waals surface area (Å²) in [6.45, 7) is 12.4. The van der Waals surface area contributed by atoms with Gasteiger partial charge in [0.1, 0.15) is 0 Å². The lowest BCUT2D eigenvalue weighted by Crippen LogP contribution is -2.57. The predicted octanol–water partition coefficient (Wildman–Crippen LogP) is 6.82. The fourth-order valence-corrected chi connectivity index (χ4v) is 13.2. The van der Waals surface area contributed by atoms with E-state index in [1.807, 2.05) is 19.0 Å². The van der Waals surface area contributed by atoms with Crippen LogP contribution in [-0.4, -0.2) is 86.0 Å². The van der Waals surface area contributed by atoms with Gasteiger partial charge in [0, 0.05) is 37.5 Å². The molecule has 0 radical (unpaired) electrons. The highest BCUT2D eigenvalue weighted by Gasteiger charge is 2.69. The van der Waals surface area contributed by atoms with E-state index in [0.717, 1.165) is 56.5 Å². The molecule has 2 N–H and O–H groups in total. The molecule has 2 aliphatic heterocycles. The van der Waals surface area contributed by atoms with Crippen molar-refractivity contribution in [3.05, 3.63) is 0 Å². The standard InChI is InChI=1S/C40H68N4O4/c1-26-14-19-40(47-25-26)27(2)36-34(48-40)23-33-31-13-12-28-22-29(15-17-38(28,3)32(31)16-18-39(33,36)4)42-37(46)44(30-10-8-7-9-11-30)21-20-41-35(45)24-43(5)6/h26-34,36H,7-25H2,1-6H3,(H,41,45)(H,42,46)/t26-,27-,28+,29+,31+,32?,33?,34-,36-,38-,39-,40+/m0/s1. The molecule has 12 atom stereocenters. The number of hydrogen-bond acceptors (Lipinski definition) is 5. The van der Waals surface area contributed by atoms with Gasteiger partial charge in [-0.3, -0.25) is 4.79 Å². The van der Waals surface area contributed by atoms with Gasteiger partial charge >= 0.3 is 6.03 Å². The molecule has 2 unspecified atom stereocenters. The smallest absolute Gasteiger partial charge is 0.317 e. The molecule has 2 heterocycles. The molecule has 1 spiro atoms. The second-order valence-electron chi connectivity index (χ2n) is 18.7. The quantitative estimate of drug-likeness (QED) is 0.311. The molecule has 7 fully saturated rings. The largest absolute Gasteiger partial charge is 0.353 e. The van der Waals surface area contributed by atoms with Crippen LogP contribution in [0.5, 0.6) is 0 Å². The van der Waals surface area contributed by atoms with E-state index in [1.54, 1.807) is 0 Å². The third kappa shape index (κ3) is 6.24. The van der Waals surface area contributed by atoms with Gasteiger partial charge < -0.3 is 29.9 Å². The topological polar surface area (TPSA) is 83.1 Å². The first kappa shape index (κ1) is 35.0. The molecular weight excluding hydrogens is 600 g/mol. The Balaban J connectivity index is 0.972. The van der Waals surface area contributed by atoms with E-state index >= 15 is 0 Å². The number of nitrogens with zero attached hydrogens (tertiary/aromatic N) is 2. The number of urea groups is 1. The highest BCUT2D eigenvalue weighted by atomic mass is 16.7. The Hall–Kier alpha value is -1.38. The maximum Gasteiger partial charge on any atom is 0.317 e. The summed E-state index contributed by atoms with van der Waals surface area (Å²) in [6.07, 6.45) is 18.5. The molecule has 0 bridgehead atoms. The van der Waals surface area contributed by atoms with Crippen molar-refractivity contribution in [2.75, 3.05) is 40.3 Å². The number of carbonyl (C=O) groups excluding carboxylic acids is 2. The molecule has 2 saturated heterocycles. The van der Waals surface area contributed by atoms with Crippen molar-refractivity contribution < 1.29 is 19.1 Å². The van der Waals surface area contributed by atoms with Crippen LogP contribution in [0.3, 0.4) is 0 Å². The van der Waals surface area contributed by atoms with Gasteiger partial charge in [-0.15, -0.1) is 0 Å². The molecule has 7 rings (SSSR count). The summed E-state index contributed by atoms with van der Waals surface area (Å²) < 4.78 is 13.6. The van der Waals surface area contributed by atoms with Gasteiger partial charge in [0.15, 0.2) is 5.79 Å². The summed E-state index contributed by atoms with van der Waals surface area (Å²) in [5.74, 6) is 4.51. The van der Waals surface area contributed by atoms with Crippen molar-refractivity contribution in [1.82, 2.24) is 20.4 Å². The number of likely N-dealkylation sites (N-methyl/N-ethyl adjacent to an activating group) is 1. The Morgan fingerprint density at radius 3 is 2.35 bits per heavy atom. The van der Waals surface area contributed by atoms with Crippen LogP contribution in [0.2, 0.25) is 0 Å². The summed E-state index contributed by atoms with van der Waals surface area (Å²) in [5, 5.41) is 6.60. The van der Waals surface area contributed by atoms with Crippen molar-refractivity contribution in [3.8, 4) is 0 Å². The van der Waals surface area contributed by atoms with Crippen LogP contribution >= 0.6 is 0 Å². The number of rotatable bonds is 7. The third-order valence-corrected chi connectivity index (χ3v) is 15.7. The van der Waals surface area contributed by atoms with E-state index in [-0.39, 0.29) is 29.8 Å². The van der Waals surface area contributed by atoms with Crippen molar-refractivity contribution in [3.63, 3.8) is 0 Å². The van der Waals surface area contributed by atoms with E-state index < -0.39 is 0 Å². The highest BCUT2D eigenvalue weighted by molar-refractivity contribution is 5.78. The Labute approximate surface area is 291 Å². The van der Waals surface area contributed by atoms with E-state index in [0.29, 0.717) is 60.2 Å². The van der Waals surface area contributed by atoms with E-state index in [1.165, 1.54) is 64.2 Å². The minimum Gasteiger partial charge on any atom is -0.353 e. The average Bonchev–Trinajstić information content (AvgIpc) is 3.50. The molecule has 8 heteroatoms. The second kappa shape index (κ2) is 13.6. The van der Waals surface area contributed by atoms with Crippen molar-refractivity contribution in [1.29, 1.82) is 0 Å². The summed E-state index contributed by atoms with van der Waals surface area (Å²) >= 11 is 0. The zero-order chi connectivity index (χ0) is 33.8. The van der Waals surface area contributed by atoms with Crippen LogP contribution in [0.15, 0.2) is 0 Å². The van der Waals surface area contributed by atoms with Gasteiger partial charge in [0.05, 0.1) is 19.3 Å². The molecule has 8 nitrogen and oxygen atoms in total. The van der Waals surface area contributed by atoms with E-state index in [9.17, 15) is 9.59 Å². The average molecular weight is 669 g/mol. The molecule has 7 aliphatic rings. The fraction of sp³-hybridized carbons (Fsp3) is 0.950. The molecule has 0 aromatic carbocycles. The number of hydrogen-bond donors (Lipinski definition) is 2. The van der Waals surface area contributed by atoms with Gasteiger partial charge in [-0.2, -0.15) is 0 Å². The molecule has 0 aromatic rings. The molecule has 0 aromatic heterocycles. The first-order valence-electron chi connectivity index (χ1n) is 20.2. The normalized spacial score (nSPS) is 45.6. The number of fused-ring (bicyclic) bond motifs is 7. The lowest BCUT2D eigenvalue weighted by molar-refractivity contribution is -0.273. The van der Waals surface area contributed by atoms with Crippen molar-refractivity contribution >= 4 is 11.9 Å². The number of nitrogens with one attached hydrogen (secondary N) is 2. The highest BCUT2D eigenvalue weighted by Crippen LogP contribution is 2.71. The van der Waals surface area contributed by atoms with E-state index in [2.05, 4.69) is 43.2 Å². The minimum absolute atomic E-state index is 0.0221. The van der Waals surface area contributed by atoms with Crippen molar-refractivity contribution in [2.24, 2.45) is 52.3 Å². The van der Waals surface area contributed by atoms with Gasteiger partial charge in [0.25, 0.3) is 0 Å². The summed E-state index contributed by atoms with van der Waals surface area (Å²) in [7, 11) is 3.81. The van der Waals surface area contributed by atoms with Crippen LogP contribution in [0, 0.1) is 52.3 Å². The number of amides is 3.